The number of nitrogens with one attached hydrogen (secondary N) is 1. The topological polar surface area (TPSA) is 55.6 Å². The van der Waals surface area contributed by atoms with Crippen molar-refractivity contribution in [2.45, 2.75) is 19.9 Å². The number of halogens is 1. The molecule has 0 unspecified atom stereocenters. The molecule has 0 fully saturated rings. The minimum absolute atomic E-state index is 0.0282. The van der Waals surface area contributed by atoms with Gasteiger partial charge >= 0.3 is 0 Å². The number of amides is 1. The molecule has 124 valence electrons. The minimum Gasteiger partial charge on any atom is -0.484 e. The van der Waals surface area contributed by atoms with Crippen molar-refractivity contribution < 1.29 is 9.53 Å². The van der Waals surface area contributed by atoms with E-state index in [0.29, 0.717) is 17.4 Å². The summed E-state index contributed by atoms with van der Waals surface area (Å²) in [6.07, 6.45) is 2.78. The van der Waals surface area contributed by atoms with Crippen LogP contribution in [0.4, 0.5) is 0 Å². The van der Waals surface area contributed by atoms with E-state index in [1.165, 1.54) is 5.56 Å². The number of pyridine rings is 1. The highest BCUT2D eigenvalue weighted by atomic mass is 35.5. The van der Waals surface area contributed by atoms with Crippen molar-refractivity contribution >= 4 is 23.2 Å². The molecule has 24 heavy (non-hydrogen) atoms. The fourth-order valence-corrected chi connectivity index (χ4v) is 2.53. The van der Waals surface area contributed by atoms with Crippen LogP contribution in [0, 0.1) is 0 Å². The molecular formula is C18H18ClN3O2. The Bertz CT molecular complexity index is 843. The molecule has 5 nitrogen and oxygen atoms in total. The van der Waals surface area contributed by atoms with Gasteiger partial charge in [0.15, 0.2) is 6.61 Å². The minimum atomic E-state index is -0.197. The number of aromatic nitrogens is 2. The number of hydrogen-bond acceptors (Lipinski definition) is 3. The Balaban J connectivity index is 1.51. The summed E-state index contributed by atoms with van der Waals surface area (Å²) >= 11 is 6.09. The lowest BCUT2D eigenvalue weighted by molar-refractivity contribution is -0.123. The van der Waals surface area contributed by atoms with E-state index in [9.17, 15) is 4.79 Å². The summed E-state index contributed by atoms with van der Waals surface area (Å²) in [5.74, 6) is 0.486. The number of hydrogen-bond donors (Lipinski definition) is 1. The second-order valence-electron chi connectivity index (χ2n) is 5.37. The number of carbonyl (C=O) groups is 1. The molecule has 2 heterocycles. The molecule has 0 aliphatic heterocycles. The highest BCUT2D eigenvalue weighted by molar-refractivity contribution is 6.29. The zero-order valence-electron chi connectivity index (χ0n) is 13.3. The molecule has 1 amide bonds. The molecule has 0 aliphatic carbocycles. The van der Waals surface area contributed by atoms with Crippen molar-refractivity contribution in [1.82, 2.24) is 14.7 Å². The lowest BCUT2D eigenvalue weighted by Gasteiger charge is -2.07. The van der Waals surface area contributed by atoms with Gasteiger partial charge in [0.05, 0.1) is 12.2 Å². The molecule has 0 aliphatic rings. The molecule has 0 radical (unpaired) electrons. The normalized spacial score (nSPS) is 10.8. The van der Waals surface area contributed by atoms with E-state index in [2.05, 4.69) is 17.2 Å². The maximum absolute atomic E-state index is 11.9. The summed E-state index contributed by atoms with van der Waals surface area (Å²) in [4.78, 5) is 16.3. The Hall–Kier alpha value is -2.53. The zero-order valence-corrected chi connectivity index (χ0v) is 14.1. The molecule has 1 aromatic carbocycles. The van der Waals surface area contributed by atoms with E-state index in [4.69, 9.17) is 16.3 Å². The highest BCUT2D eigenvalue weighted by Crippen LogP contribution is 2.14. The summed E-state index contributed by atoms with van der Waals surface area (Å²) in [5.41, 5.74) is 2.72. The molecule has 2 aromatic heterocycles. The van der Waals surface area contributed by atoms with E-state index in [-0.39, 0.29) is 12.5 Å². The van der Waals surface area contributed by atoms with Crippen LogP contribution in [-0.4, -0.2) is 21.9 Å². The molecule has 0 saturated carbocycles. The summed E-state index contributed by atoms with van der Waals surface area (Å²) in [7, 11) is 0. The third-order valence-electron chi connectivity index (χ3n) is 3.66. The van der Waals surface area contributed by atoms with Gasteiger partial charge in [0, 0.05) is 6.20 Å². The zero-order chi connectivity index (χ0) is 16.9. The summed E-state index contributed by atoms with van der Waals surface area (Å²) in [6.45, 7) is 2.39. The average molecular weight is 344 g/mol. The Kier molecular flexibility index (Phi) is 5.01. The second-order valence-corrected chi connectivity index (χ2v) is 5.76. The quantitative estimate of drug-likeness (QED) is 0.699. The van der Waals surface area contributed by atoms with Gasteiger partial charge in [0.25, 0.3) is 5.91 Å². The first-order valence-corrected chi connectivity index (χ1v) is 8.14. The average Bonchev–Trinajstić information content (AvgIpc) is 3.03. The van der Waals surface area contributed by atoms with Crippen LogP contribution in [0.3, 0.4) is 0 Å². The fourth-order valence-electron chi connectivity index (χ4n) is 2.32. The number of aryl methyl sites for hydroxylation is 1. The monoisotopic (exact) mass is 343 g/mol. The fraction of sp³-hybridized carbons (Fsp3) is 0.222. The second kappa shape index (κ2) is 7.36. The molecule has 0 atom stereocenters. The van der Waals surface area contributed by atoms with Crippen molar-refractivity contribution in [3.63, 3.8) is 0 Å². The van der Waals surface area contributed by atoms with E-state index < -0.39 is 0 Å². The Morgan fingerprint density at radius 1 is 1.25 bits per heavy atom. The molecular weight excluding hydrogens is 326 g/mol. The Morgan fingerprint density at radius 3 is 2.75 bits per heavy atom. The van der Waals surface area contributed by atoms with E-state index in [1.807, 2.05) is 42.6 Å². The molecule has 3 aromatic rings. The number of nitrogens with zero attached hydrogens (tertiary/aromatic N) is 2. The SMILES string of the molecule is CCc1ccc(OCC(=O)NCc2cn3c(Cl)cccc3n2)cc1. The first-order valence-electron chi connectivity index (χ1n) is 7.76. The van der Waals surface area contributed by atoms with Crippen LogP contribution in [0.15, 0.2) is 48.7 Å². The van der Waals surface area contributed by atoms with Gasteiger partial charge in [-0.3, -0.25) is 9.20 Å². The Morgan fingerprint density at radius 2 is 2.04 bits per heavy atom. The van der Waals surface area contributed by atoms with Crippen molar-refractivity contribution in [3.05, 3.63) is 65.1 Å². The lowest BCUT2D eigenvalue weighted by Crippen LogP contribution is -2.28. The highest BCUT2D eigenvalue weighted by Gasteiger charge is 2.07. The van der Waals surface area contributed by atoms with Gasteiger partial charge in [-0.05, 0) is 36.2 Å². The number of ether oxygens (including phenoxy) is 1. The number of fused-ring (bicyclic) bond motifs is 1. The number of benzene rings is 1. The number of carbonyl (C=O) groups excluding carboxylic acids is 1. The molecule has 1 N–H and O–H groups in total. The molecule has 0 saturated heterocycles. The molecule has 0 bridgehead atoms. The van der Waals surface area contributed by atoms with Crippen molar-refractivity contribution in [2.75, 3.05) is 6.61 Å². The number of rotatable bonds is 6. The summed E-state index contributed by atoms with van der Waals surface area (Å²) in [5, 5.41) is 3.37. The van der Waals surface area contributed by atoms with Gasteiger partial charge in [0.2, 0.25) is 0 Å². The maximum Gasteiger partial charge on any atom is 0.258 e. The van der Waals surface area contributed by atoms with Crippen LogP contribution < -0.4 is 10.1 Å². The van der Waals surface area contributed by atoms with Gasteiger partial charge < -0.3 is 10.1 Å². The van der Waals surface area contributed by atoms with Gasteiger partial charge in [-0.2, -0.15) is 0 Å². The van der Waals surface area contributed by atoms with Crippen LogP contribution in [0.5, 0.6) is 5.75 Å². The van der Waals surface area contributed by atoms with Gasteiger partial charge in [-0.15, -0.1) is 0 Å². The largest absolute Gasteiger partial charge is 0.484 e. The standard InChI is InChI=1S/C18H18ClN3O2/c1-2-13-6-8-15(9-7-13)24-12-18(23)20-10-14-11-22-16(19)4-3-5-17(22)21-14/h3-9,11H,2,10,12H2,1H3,(H,20,23). The summed E-state index contributed by atoms with van der Waals surface area (Å²) in [6, 6.07) is 13.2. The van der Waals surface area contributed by atoms with Crippen LogP contribution in [0.2, 0.25) is 5.15 Å². The van der Waals surface area contributed by atoms with Crippen molar-refractivity contribution in [3.8, 4) is 5.75 Å². The van der Waals surface area contributed by atoms with Crippen LogP contribution in [0.1, 0.15) is 18.2 Å². The third kappa shape index (κ3) is 3.86. The smallest absolute Gasteiger partial charge is 0.258 e. The third-order valence-corrected chi connectivity index (χ3v) is 3.97. The Labute approximate surface area is 145 Å². The van der Waals surface area contributed by atoms with Crippen LogP contribution in [0.25, 0.3) is 5.65 Å². The molecule has 0 spiro atoms. The summed E-state index contributed by atoms with van der Waals surface area (Å²) < 4.78 is 7.25. The first-order chi connectivity index (χ1) is 11.7. The molecule has 3 rings (SSSR count). The van der Waals surface area contributed by atoms with Gasteiger partial charge in [0.1, 0.15) is 16.5 Å². The van der Waals surface area contributed by atoms with Gasteiger partial charge in [-0.1, -0.05) is 36.7 Å². The predicted molar refractivity (Wildman–Crippen MR) is 93.4 cm³/mol. The van der Waals surface area contributed by atoms with E-state index in [0.717, 1.165) is 17.8 Å². The maximum atomic E-state index is 11.9. The van der Waals surface area contributed by atoms with Crippen LogP contribution in [-0.2, 0) is 17.8 Å². The van der Waals surface area contributed by atoms with E-state index >= 15 is 0 Å². The van der Waals surface area contributed by atoms with Crippen molar-refractivity contribution in [2.24, 2.45) is 0 Å². The number of imidazole rings is 1. The first kappa shape index (κ1) is 16.3. The molecule has 6 heteroatoms. The predicted octanol–water partition coefficient (Wildman–Crippen LogP) is 3.25. The van der Waals surface area contributed by atoms with Gasteiger partial charge in [-0.25, -0.2) is 4.98 Å². The van der Waals surface area contributed by atoms with E-state index in [1.54, 1.807) is 10.5 Å². The van der Waals surface area contributed by atoms with Crippen molar-refractivity contribution in [1.29, 1.82) is 0 Å². The van der Waals surface area contributed by atoms with Crippen LogP contribution >= 0.6 is 11.6 Å². The lowest BCUT2D eigenvalue weighted by atomic mass is 10.2.